The summed E-state index contributed by atoms with van der Waals surface area (Å²) in [7, 11) is 0. The SMILES string of the molecule is CCC(C)N1CCN(C(C)(CN)C2CC2)CC1. The highest BCUT2D eigenvalue weighted by Crippen LogP contribution is 2.42. The van der Waals surface area contributed by atoms with E-state index in [0.29, 0.717) is 0 Å². The molecule has 0 aromatic carbocycles. The fourth-order valence-electron chi connectivity index (χ4n) is 3.19. The first-order valence-electron chi connectivity index (χ1n) is 7.31. The van der Waals surface area contributed by atoms with Crippen molar-refractivity contribution in [3.63, 3.8) is 0 Å². The third-order valence-electron chi connectivity index (χ3n) is 5.12. The first-order chi connectivity index (χ1) is 8.11. The zero-order chi connectivity index (χ0) is 12.5. The molecule has 0 bridgehead atoms. The largest absolute Gasteiger partial charge is 0.329 e. The van der Waals surface area contributed by atoms with Gasteiger partial charge in [0.25, 0.3) is 0 Å². The maximum Gasteiger partial charge on any atom is 0.0332 e. The lowest BCUT2D eigenvalue weighted by molar-refractivity contribution is 0.0205. The Morgan fingerprint density at radius 2 is 1.82 bits per heavy atom. The Kier molecular flexibility index (Phi) is 4.11. The lowest BCUT2D eigenvalue weighted by Crippen LogP contribution is -2.60. The van der Waals surface area contributed by atoms with Crippen molar-refractivity contribution in [2.75, 3.05) is 32.7 Å². The van der Waals surface area contributed by atoms with Gasteiger partial charge in [-0.1, -0.05) is 6.92 Å². The molecule has 2 N–H and O–H groups in total. The predicted molar refractivity (Wildman–Crippen MR) is 73.1 cm³/mol. The molecule has 1 saturated carbocycles. The molecule has 2 unspecified atom stereocenters. The van der Waals surface area contributed by atoms with Crippen LogP contribution in [0.15, 0.2) is 0 Å². The van der Waals surface area contributed by atoms with Gasteiger partial charge in [0.15, 0.2) is 0 Å². The smallest absolute Gasteiger partial charge is 0.0332 e. The molecule has 3 heteroatoms. The summed E-state index contributed by atoms with van der Waals surface area (Å²) in [4.78, 5) is 5.28. The summed E-state index contributed by atoms with van der Waals surface area (Å²) in [5, 5.41) is 0. The second-order valence-electron chi connectivity index (χ2n) is 6.12. The number of nitrogens with two attached hydrogens (primary N) is 1. The van der Waals surface area contributed by atoms with E-state index in [1.807, 2.05) is 0 Å². The maximum absolute atomic E-state index is 6.04. The van der Waals surface area contributed by atoms with E-state index in [1.54, 1.807) is 0 Å². The lowest BCUT2D eigenvalue weighted by Gasteiger charge is -2.47. The van der Waals surface area contributed by atoms with Gasteiger partial charge in [0.1, 0.15) is 0 Å². The average molecular weight is 239 g/mol. The minimum Gasteiger partial charge on any atom is -0.329 e. The zero-order valence-electron chi connectivity index (χ0n) is 11.8. The van der Waals surface area contributed by atoms with Crippen LogP contribution in [0.25, 0.3) is 0 Å². The van der Waals surface area contributed by atoms with Crippen LogP contribution >= 0.6 is 0 Å². The molecule has 100 valence electrons. The summed E-state index contributed by atoms with van der Waals surface area (Å²) in [6, 6.07) is 0.738. The summed E-state index contributed by atoms with van der Waals surface area (Å²) in [5.41, 5.74) is 6.32. The Morgan fingerprint density at radius 1 is 1.24 bits per heavy atom. The Hall–Kier alpha value is -0.120. The van der Waals surface area contributed by atoms with Crippen LogP contribution in [0.3, 0.4) is 0 Å². The van der Waals surface area contributed by atoms with E-state index in [2.05, 4.69) is 30.6 Å². The quantitative estimate of drug-likeness (QED) is 0.790. The number of rotatable bonds is 5. The summed E-state index contributed by atoms with van der Waals surface area (Å²) < 4.78 is 0. The van der Waals surface area contributed by atoms with Crippen LogP contribution in [0.2, 0.25) is 0 Å². The molecule has 0 aromatic heterocycles. The summed E-state index contributed by atoms with van der Waals surface area (Å²) >= 11 is 0. The Morgan fingerprint density at radius 3 is 2.24 bits per heavy atom. The van der Waals surface area contributed by atoms with Crippen molar-refractivity contribution in [1.29, 1.82) is 0 Å². The van der Waals surface area contributed by atoms with Crippen LogP contribution in [0, 0.1) is 5.92 Å². The molecule has 0 radical (unpaired) electrons. The van der Waals surface area contributed by atoms with Crippen molar-refractivity contribution in [1.82, 2.24) is 9.80 Å². The second kappa shape index (κ2) is 5.25. The Labute approximate surface area is 106 Å². The maximum atomic E-state index is 6.04. The summed E-state index contributed by atoms with van der Waals surface area (Å²) in [6.07, 6.45) is 4.04. The Balaban J connectivity index is 1.89. The van der Waals surface area contributed by atoms with Gasteiger partial charge in [-0.05, 0) is 39.0 Å². The van der Waals surface area contributed by atoms with E-state index in [-0.39, 0.29) is 5.54 Å². The molecule has 1 aliphatic heterocycles. The van der Waals surface area contributed by atoms with Crippen molar-refractivity contribution in [2.45, 2.75) is 51.6 Å². The van der Waals surface area contributed by atoms with Crippen LogP contribution < -0.4 is 5.73 Å². The molecule has 1 aliphatic carbocycles. The van der Waals surface area contributed by atoms with Crippen molar-refractivity contribution < 1.29 is 0 Å². The average Bonchev–Trinajstić information content (AvgIpc) is 3.21. The number of nitrogens with zero attached hydrogens (tertiary/aromatic N) is 2. The standard InChI is InChI=1S/C14H29N3/c1-4-12(2)16-7-9-17(10-8-16)14(3,11-15)13-5-6-13/h12-13H,4-11,15H2,1-3H3. The normalized spacial score (nSPS) is 28.9. The van der Waals surface area contributed by atoms with Gasteiger partial charge in [-0.3, -0.25) is 9.80 Å². The van der Waals surface area contributed by atoms with Gasteiger partial charge in [-0.25, -0.2) is 0 Å². The van der Waals surface area contributed by atoms with Crippen LogP contribution in [0.5, 0.6) is 0 Å². The fraction of sp³-hybridized carbons (Fsp3) is 1.00. The molecule has 0 amide bonds. The van der Waals surface area contributed by atoms with E-state index in [4.69, 9.17) is 5.73 Å². The van der Waals surface area contributed by atoms with E-state index in [1.165, 1.54) is 45.4 Å². The highest BCUT2D eigenvalue weighted by molar-refractivity contribution is 5.01. The highest BCUT2D eigenvalue weighted by atomic mass is 15.3. The van der Waals surface area contributed by atoms with E-state index >= 15 is 0 Å². The first-order valence-corrected chi connectivity index (χ1v) is 7.31. The van der Waals surface area contributed by atoms with Gasteiger partial charge >= 0.3 is 0 Å². The topological polar surface area (TPSA) is 32.5 Å². The fourth-order valence-corrected chi connectivity index (χ4v) is 3.19. The predicted octanol–water partition coefficient (Wildman–Crippen LogP) is 1.53. The van der Waals surface area contributed by atoms with Crippen molar-refractivity contribution >= 4 is 0 Å². The van der Waals surface area contributed by atoms with Crippen molar-refractivity contribution in [3.8, 4) is 0 Å². The molecule has 3 nitrogen and oxygen atoms in total. The number of piperazine rings is 1. The molecule has 2 rings (SSSR count). The lowest BCUT2D eigenvalue weighted by atomic mass is 9.92. The zero-order valence-corrected chi connectivity index (χ0v) is 11.8. The van der Waals surface area contributed by atoms with Crippen LogP contribution in [0.1, 0.15) is 40.0 Å². The Bertz CT molecular complexity index is 244. The van der Waals surface area contributed by atoms with E-state index in [9.17, 15) is 0 Å². The molecule has 2 aliphatic rings. The molecule has 2 fully saturated rings. The third kappa shape index (κ3) is 2.67. The number of hydrogen-bond donors (Lipinski definition) is 1. The minimum atomic E-state index is 0.279. The van der Waals surface area contributed by atoms with Gasteiger partial charge in [-0.2, -0.15) is 0 Å². The second-order valence-corrected chi connectivity index (χ2v) is 6.12. The molecule has 1 saturated heterocycles. The van der Waals surface area contributed by atoms with Crippen LogP contribution in [-0.4, -0.2) is 54.1 Å². The number of hydrogen-bond acceptors (Lipinski definition) is 3. The molecule has 17 heavy (non-hydrogen) atoms. The molecular weight excluding hydrogens is 210 g/mol. The van der Waals surface area contributed by atoms with Gasteiger partial charge in [0.05, 0.1) is 0 Å². The summed E-state index contributed by atoms with van der Waals surface area (Å²) in [6.45, 7) is 12.7. The van der Waals surface area contributed by atoms with Crippen molar-refractivity contribution in [2.24, 2.45) is 11.7 Å². The van der Waals surface area contributed by atoms with E-state index in [0.717, 1.165) is 18.5 Å². The first kappa shape index (κ1) is 13.3. The van der Waals surface area contributed by atoms with Crippen LogP contribution in [-0.2, 0) is 0 Å². The highest BCUT2D eigenvalue weighted by Gasteiger charge is 2.45. The van der Waals surface area contributed by atoms with E-state index < -0.39 is 0 Å². The van der Waals surface area contributed by atoms with Crippen molar-refractivity contribution in [3.05, 3.63) is 0 Å². The monoisotopic (exact) mass is 239 g/mol. The van der Waals surface area contributed by atoms with Gasteiger partial charge < -0.3 is 5.73 Å². The van der Waals surface area contributed by atoms with Gasteiger partial charge in [-0.15, -0.1) is 0 Å². The van der Waals surface area contributed by atoms with Gasteiger partial charge in [0, 0.05) is 44.3 Å². The van der Waals surface area contributed by atoms with Gasteiger partial charge in [0.2, 0.25) is 0 Å². The molecular formula is C14H29N3. The minimum absolute atomic E-state index is 0.279. The molecule has 2 atom stereocenters. The van der Waals surface area contributed by atoms with Crippen LogP contribution in [0.4, 0.5) is 0 Å². The molecule has 1 heterocycles. The molecule has 0 aromatic rings. The summed E-state index contributed by atoms with van der Waals surface area (Å²) in [5.74, 6) is 0.864. The molecule has 0 spiro atoms. The third-order valence-corrected chi connectivity index (χ3v) is 5.12.